The number of halogens is 1. The fraction of sp³-hybridized carbons (Fsp3) is 0.440. The van der Waals surface area contributed by atoms with Crippen LogP contribution in [0.15, 0.2) is 46.9 Å². The van der Waals surface area contributed by atoms with Gasteiger partial charge in [-0.1, -0.05) is 49.7 Å². The van der Waals surface area contributed by atoms with E-state index in [-0.39, 0.29) is 23.8 Å². The second-order valence-corrected chi connectivity index (χ2v) is 10.2. The molecule has 1 heterocycles. The summed E-state index contributed by atoms with van der Waals surface area (Å²) in [6.45, 7) is 10.0. The van der Waals surface area contributed by atoms with Gasteiger partial charge in [-0.3, -0.25) is 9.59 Å². The number of hydrogen-bond acceptors (Lipinski definition) is 3. The molecule has 5 nitrogen and oxygen atoms in total. The predicted octanol–water partition coefficient (Wildman–Crippen LogP) is 5.64. The van der Waals surface area contributed by atoms with E-state index >= 15 is 0 Å². The highest BCUT2D eigenvalue weighted by Gasteiger charge is 2.22. The van der Waals surface area contributed by atoms with Crippen molar-refractivity contribution in [2.75, 3.05) is 25.0 Å². The summed E-state index contributed by atoms with van der Waals surface area (Å²) >= 11 is 3.50. The van der Waals surface area contributed by atoms with Gasteiger partial charge in [-0.2, -0.15) is 0 Å². The molecule has 0 spiro atoms. The zero-order valence-corrected chi connectivity index (χ0v) is 20.3. The number of piperidine rings is 1. The van der Waals surface area contributed by atoms with E-state index in [4.69, 9.17) is 4.74 Å². The van der Waals surface area contributed by atoms with Gasteiger partial charge in [0.25, 0.3) is 11.8 Å². The van der Waals surface area contributed by atoms with Crippen LogP contribution >= 0.6 is 15.9 Å². The van der Waals surface area contributed by atoms with Crippen molar-refractivity contribution in [3.8, 4) is 5.75 Å². The summed E-state index contributed by atoms with van der Waals surface area (Å²) in [5, 5.41) is 2.84. The normalized spacial score (nSPS) is 14.9. The Hall–Kier alpha value is -2.34. The van der Waals surface area contributed by atoms with Crippen molar-refractivity contribution in [3.05, 3.63) is 58.1 Å². The Bertz CT molecular complexity index is 944. The van der Waals surface area contributed by atoms with Gasteiger partial charge in [0.1, 0.15) is 5.75 Å². The first kappa shape index (κ1) is 23.3. The van der Waals surface area contributed by atoms with Gasteiger partial charge < -0.3 is 15.0 Å². The van der Waals surface area contributed by atoms with Crippen LogP contribution in [0.25, 0.3) is 0 Å². The van der Waals surface area contributed by atoms with Gasteiger partial charge in [0, 0.05) is 34.4 Å². The third-order valence-corrected chi connectivity index (χ3v) is 6.07. The summed E-state index contributed by atoms with van der Waals surface area (Å²) in [5.41, 5.74) is 2.10. The number of carbonyl (C=O) groups excluding carboxylic acids is 2. The molecule has 1 aliphatic heterocycles. The number of benzene rings is 2. The second-order valence-electron chi connectivity index (χ2n) is 9.28. The van der Waals surface area contributed by atoms with Crippen LogP contribution < -0.4 is 10.1 Å². The summed E-state index contributed by atoms with van der Waals surface area (Å²) in [5.74, 6) is 1.11. The average molecular weight is 487 g/mol. The average Bonchev–Trinajstić information content (AvgIpc) is 2.72. The molecule has 1 fully saturated rings. The van der Waals surface area contributed by atoms with Gasteiger partial charge in [-0.05, 0) is 60.6 Å². The number of nitrogens with zero attached hydrogens (tertiary/aromatic N) is 1. The van der Waals surface area contributed by atoms with Crippen LogP contribution in [0.4, 0.5) is 5.69 Å². The maximum absolute atomic E-state index is 12.8. The highest BCUT2D eigenvalue weighted by molar-refractivity contribution is 9.10. The van der Waals surface area contributed by atoms with E-state index in [1.54, 1.807) is 24.3 Å². The van der Waals surface area contributed by atoms with Crippen LogP contribution in [0.5, 0.6) is 5.75 Å². The fourth-order valence-corrected chi connectivity index (χ4v) is 4.04. The third kappa shape index (κ3) is 6.33. The molecule has 0 aliphatic carbocycles. The van der Waals surface area contributed by atoms with E-state index in [2.05, 4.69) is 48.9 Å². The number of anilines is 1. The van der Waals surface area contributed by atoms with Crippen molar-refractivity contribution in [1.29, 1.82) is 0 Å². The lowest BCUT2D eigenvalue weighted by Crippen LogP contribution is -2.37. The molecule has 2 aromatic carbocycles. The summed E-state index contributed by atoms with van der Waals surface area (Å²) in [7, 11) is 0. The first-order chi connectivity index (χ1) is 14.6. The second kappa shape index (κ2) is 9.86. The molecule has 2 aromatic rings. The van der Waals surface area contributed by atoms with Crippen molar-refractivity contribution < 1.29 is 14.3 Å². The van der Waals surface area contributed by atoms with E-state index in [0.717, 1.165) is 36.0 Å². The van der Waals surface area contributed by atoms with Gasteiger partial charge in [-0.15, -0.1) is 0 Å². The van der Waals surface area contributed by atoms with Gasteiger partial charge in [-0.25, -0.2) is 0 Å². The van der Waals surface area contributed by atoms with E-state index in [0.29, 0.717) is 22.9 Å². The van der Waals surface area contributed by atoms with Crippen molar-refractivity contribution in [3.63, 3.8) is 0 Å². The van der Waals surface area contributed by atoms with E-state index in [9.17, 15) is 9.59 Å². The Kier molecular flexibility index (Phi) is 7.42. The summed E-state index contributed by atoms with van der Waals surface area (Å²) in [4.78, 5) is 27.2. The summed E-state index contributed by atoms with van der Waals surface area (Å²) in [6, 6.07) is 12.9. The molecule has 0 saturated carbocycles. The monoisotopic (exact) mass is 486 g/mol. The lowest BCUT2D eigenvalue weighted by molar-refractivity contribution is -0.118. The number of carbonyl (C=O) groups is 2. The number of rotatable bonds is 5. The smallest absolute Gasteiger partial charge is 0.262 e. The topological polar surface area (TPSA) is 58.6 Å². The SMILES string of the molecule is CC1CCN(C(=O)c2cccc(NC(=O)COc3ccc(Br)cc3C(C)(C)C)c2)CC1. The number of likely N-dealkylation sites (tertiary alicyclic amines) is 1. The Morgan fingerprint density at radius 3 is 2.52 bits per heavy atom. The zero-order chi connectivity index (χ0) is 22.6. The first-order valence-corrected chi connectivity index (χ1v) is 11.5. The van der Waals surface area contributed by atoms with Crippen LogP contribution in [-0.2, 0) is 10.2 Å². The maximum Gasteiger partial charge on any atom is 0.262 e. The Labute approximate surface area is 193 Å². The van der Waals surface area contributed by atoms with Crippen LogP contribution in [0.1, 0.15) is 56.5 Å². The molecule has 2 amide bonds. The largest absolute Gasteiger partial charge is 0.483 e. The van der Waals surface area contributed by atoms with Gasteiger partial charge in [0.15, 0.2) is 6.61 Å². The number of amides is 2. The third-order valence-electron chi connectivity index (χ3n) is 5.57. The Morgan fingerprint density at radius 2 is 1.84 bits per heavy atom. The van der Waals surface area contributed by atoms with Gasteiger partial charge in [0.05, 0.1) is 0 Å². The van der Waals surface area contributed by atoms with Crippen LogP contribution in [0, 0.1) is 5.92 Å². The molecule has 3 rings (SSSR count). The molecule has 1 N–H and O–H groups in total. The van der Waals surface area contributed by atoms with Crippen molar-refractivity contribution in [1.82, 2.24) is 4.90 Å². The molecule has 1 aliphatic rings. The molecule has 0 aromatic heterocycles. The van der Waals surface area contributed by atoms with E-state index < -0.39 is 0 Å². The van der Waals surface area contributed by atoms with Crippen molar-refractivity contribution in [2.24, 2.45) is 5.92 Å². The Balaban J connectivity index is 1.62. The maximum atomic E-state index is 12.8. The first-order valence-electron chi connectivity index (χ1n) is 10.8. The molecule has 166 valence electrons. The minimum absolute atomic E-state index is 0.0175. The molecule has 6 heteroatoms. The minimum Gasteiger partial charge on any atom is -0.483 e. The van der Waals surface area contributed by atoms with Crippen LogP contribution in [0.3, 0.4) is 0 Å². The number of hydrogen-bond donors (Lipinski definition) is 1. The molecule has 0 unspecified atom stereocenters. The fourth-order valence-electron chi connectivity index (χ4n) is 3.68. The van der Waals surface area contributed by atoms with Gasteiger partial charge in [0.2, 0.25) is 0 Å². The predicted molar refractivity (Wildman–Crippen MR) is 128 cm³/mol. The molecular weight excluding hydrogens is 456 g/mol. The molecule has 1 saturated heterocycles. The lowest BCUT2D eigenvalue weighted by Gasteiger charge is -2.30. The van der Waals surface area contributed by atoms with Crippen molar-refractivity contribution in [2.45, 2.75) is 46.0 Å². The molecule has 31 heavy (non-hydrogen) atoms. The number of ether oxygens (including phenoxy) is 1. The summed E-state index contributed by atoms with van der Waals surface area (Å²) in [6.07, 6.45) is 2.07. The zero-order valence-electron chi connectivity index (χ0n) is 18.7. The quantitative estimate of drug-likeness (QED) is 0.594. The minimum atomic E-state index is -0.265. The summed E-state index contributed by atoms with van der Waals surface area (Å²) < 4.78 is 6.80. The highest BCUT2D eigenvalue weighted by Crippen LogP contribution is 2.33. The highest BCUT2D eigenvalue weighted by atomic mass is 79.9. The van der Waals surface area contributed by atoms with Crippen LogP contribution in [0.2, 0.25) is 0 Å². The standard InChI is InChI=1S/C25H31BrN2O3/c1-17-10-12-28(13-11-17)24(30)18-6-5-7-20(14-18)27-23(29)16-31-22-9-8-19(26)15-21(22)25(2,3)4/h5-9,14-15,17H,10-13,16H2,1-4H3,(H,27,29). The number of nitrogens with one attached hydrogen (secondary N) is 1. The molecule has 0 atom stereocenters. The van der Waals surface area contributed by atoms with Crippen molar-refractivity contribution >= 4 is 33.4 Å². The van der Waals surface area contributed by atoms with E-state index in [1.165, 1.54) is 0 Å². The van der Waals surface area contributed by atoms with Gasteiger partial charge >= 0.3 is 0 Å². The Morgan fingerprint density at radius 1 is 1.13 bits per heavy atom. The lowest BCUT2D eigenvalue weighted by atomic mass is 9.86. The molecule has 0 radical (unpaired) electrons. The van der Waals surface area contributed by atoms with E-state index in [1.807, 2.05) is 23.1 Å². The molecule has 0 bridgehead atoms. The van der Waals surface area contributed by atoms with Crippen LogP contribution in [-0.4, -0.2) is 36.4 Å². The molecular formula is C25H31BrN2O3.